The average Bonchev–Trinajstić information content (AvgIpc) is 2.69. The molecule has 26 heavy (non-hydrogen) atoms. The number of nitrogens with one attached hydrogen (secondary N) is 1. The molecule has 4 rings (SSSR count). The fourth-order valence-corrected chi connectivity index (χ4v) is 3.88. The van der Waals surface area contributed by atoms with E-state index in [1.807, 2.05) is 6.07 Å². The van der Waals surface area contributed by atoms with Crippen molar-refractivity contribution in [1.82, 2.24) is 10.3 Å². The summed E-state index contributed by atoms with van der Waals surface area (Å²) in [7, 11) is 0. The van der Waals surface area contributed by atoms with Crippen molar-refractivity contribution in [3.8, 4) is 11.6 Å². The first kappa shape index (κ1) is 16.8. The van der Waals surface area contributed by atoms with Crippen molar-refractivity contribution >= 4 is 11.6 Å². The molecule has 1 amide bonds. The van der Waals surface area contributed by atoms with E-state index < -0.39 is 5.91 Å². The molecule has 0 saturated carbocycles. The topological polar surface area (TPSA) is 80.5 Å². The van der Waals surface area contributed by atoms with Crippen LogP contribution in [0.1, 0.15) is 34.3 Å². The molecule has 1 aromatic carbocycles. The van der Waals surface area contributed by atoms with Gasteiger partial charge in [0, 0.05) is 43.6 Å². The highest BCUT2D eigenvalue weighted by molar-refractivity contribution is 5.95. The van der Waals surface area contributed by atoms with Gasteiger partial charge in [-0.05, 0) is 55.5 Å². The van der Waals surface area contributed by atoms with E-state index in [1.54, 1.807) is 18.3 Å². The summed E-state index contributed by atoms with van der Waals surface area (Å²) in [5, 5.41) is 3.41. The molecule has 0 unspecified atom stereocenters. The molecule has 3 N–H and O–H groups in total. The number of nitrogens with zero attached hydrogens (tertiary/aromatic N) is 2. The second-order valence-corrected chi connectivity index (χ2v) is 6.81. The molecule has 1 saturated heterocycles. The lowest BCUT2D eigenvalue weighted by Crippen LogP contribution is -2.44. The quantitative estimate of drug-likeness (QED) is 0.882. The molecule has 1 fully saturated rings. The molecule has 0 radical (unpaired) electrons. The molecule has 2 heterocycles. The highest BCUT2D eigenvalue weighted by Crippen LogP contribution is 2.38. The number of rotatable bonds is 4. The summed E-state index contributed by atoms with van der Waals surface area (Å²) in [6.45, 7) is 4.09. The lowest BCUT2D eigenvalue weighted by molar-refractivity contribution is 0.0997. The van der Waals surface area contributed by atoms with Crippen LogP contribution in [0.5, 0.6) is 11.6 Å². The predicted molar refractivity (Wildman–Crippen MR) is 101 cm³/mol. The van der Waals surface area contributed by atoms with E-state index in [0.29, 0.717) is 5.56 Å². The van der Waals surface area contributed by atoms with Gasteiger partial charge in [0.15, 0.2) is 0 Å². The first-order valence-electron chi connectivity index (χ1n) is 9.27. The van der Waals surface area contributed by atoms with Crippen LogP contribution in [0.25, 0.3) is 0 Å². The fraction of sp³-hybridized carbons (Fsp3) is 0.400. The van der Waals surface area contributed by atoms with Gasteiger partial charge >= 0.3 is 0 Å². The molecule has 6 heteroatoms. The van der Waals surface area contributed by atoms with Crippen LogP contribution in [-0.2, 0) is 12.8 Å². The SMILES string of the molecule is NC(=O)c1cccnc1Oc1ccc(N2CCNCC2)c2c1CCCC2. The van der Waals surface area contributed by atoms with Crippen LogP contribution in [0.3, 0.4) is 0 Å². The van der Waals surface area contributed by atoms with Crippen LogP contribution in [0.15, 0.2) is 30.5 Å². The summed E-state index contributed by atoms with van der Waals surface area (Å²) in [6, 6.07) is 7.50. The maximum Gasteiger partial charge on any atom is 0.254 e. The number of hydrogen-bond acceptors (Lipinski definition) is 5. The Hall–Kier alpha value is -2.60. The largest absolute Gasteiger partial charge is 0.438 e. The number of nitrogens with two attached hydrogens (primary N) is 1. The van der Waals surface area contributed by atoms with E-state index in [0.717, 1.165) is 51.2 Å². The Bertz CT molecular complexity index is 815. The molecule has 1 aliphatic carbocycles. The number of anilines is 1. The third-order valence-electron chi connectivity index (χ3n) is 5.17. The van der Waals surface area contributed by atoms with Crippen molar-refractivity contribution in [3.05, 3.63) is 47.2 Å². The normalized spacial score (nSPS) is 16.8. The van der Waals surface area contributed by atoms with Gasteiger partial charge < -0.3 is 20.7 Å². The molecule has 0 spiro atoms. The number of primary amides is 1. The van der Waals surface area contributed by atoms with Crippen LogP contribution >= 0.6 is 0 Å². The second kappa shape index (κ2) is 7.33. The average molecular weight is 352 g/mol. The van der Waals surface area contributed by atoms with Crippen LogP contribution in [0.2, 0.25) is 0 Å². The zero-order valence-corrected chi connectivity index (χ0v) is 14.8. The molecular formula is C20H24N4O2. The third kappa shape index (κ3) is 3.24. The van der Waals surface area contributed by atoms with Gasteiger partial charge in [-0.15, -0.1) is 0 Å². The van der Waals surface area contributed by atoms with Crippen molar-refractivity contribution in [2.75, 3.05) is 31.1 Å². The fourth-order valence-electron chi connectivity index (χ4n) is 3.88. The standard InChI is InChI=1S/C20H24N4O2/c21-19(25)16-6-3-9-23-20(16)26-18-8-7-17(24-12-10-22-11-13-24)14-4-1-2-5-15(14)18/h3,6-9,22H,1-2,4-5,10-13H2,(H2,21,25). The van der Waals surface area contributed by atoms with E-state index in [4.69, 9.17) is 10.5 Å². The zero-order chi connectivity index (χ0) is 17.9. The Balaban J connectivity index is 1.70. The lowest BCUT2D eigenvalue weighted by atomic mass is 9.89. The monoisotopic (exact) mass is 352 g/mol. The number of piperazine rings is 1. The van der Waals surface area contributed by atoms with Crippen molar-refractivity contribution in [3.63, 3.8) is 0 Å². The van der Waals surface area contributed by atoms with Gasteiger partial charge in [0.25, 0.3) is 5.91 Å². The number of ether oxygens (including phenoxy) is 1. The number of carbonyl (C=O) groups is 1. The van der Waals surface area contributed by atoms with Gasteiger partial charge in [-0.1, -0.05) is 0 Å². The molecule has 2 aromatic rings. The molecule has 1 aromatic heterocycles. The summed E-state index contributed by atoms with van der Waals surface area (Å²) in [5.74, 6) is 0.543. The number of pyridine rings is 1. The molecular weight excluding hydrogens is 328 g/mol. The van der Waals surface area contributed by atoms with Gasteiger partial charge in [-0.2, -0.15) is 0 Å². The van der Waals surface area contributed by atoms with E-state index in [2.05, 4.69) is 21.3 Å². The number of aromatic nitrogens is 1. The van der Waals surface area contributed by atoms with Gasteiger partial charge in [0.2, 0.25) is 5.88 Å². The van der Waals surface area contributed by atoms with Gasteiger partial charge in [0.1, 0.15) is 11.3 Å². The first-order chi connectivity index (χ1) is 12.7. The lowest BCUT2D eigenvalue weighted by Gasteiger charge is -2.33. The number of hydrogen-bond donors (Lipinski definition) is 2. The molecule has 0 bridgehead atoms. The zero-order valence-electron chi connectivity index (χ0n) is 14.8. The predicted octanol–water partition coefficient (Wildman–Crippen LogP) is 2.26. The Morgan fingerprint density at radius 1 is 1.12 bits per heavy atom. The first-order valence-corrected chi connectivity index (χ1v) is 9.27. The number of carbonyl (C=O) groups excluding carboxylic acids is 1. The van der Waals surface area contributed by atoms with Crippen LogP contribution in [-0.4, -0.2) is 37.1 Å². The van der Waals surface area contributed by atoms with Gasteiger partial charge in [-0.25, -0.2) is 4.98 Å². The highest BCUT2D eigenvalue weighted by atomic mass is 16.5. The van der Waals surface area contributed by atoms with E-state index in [-0.39, 0.29) is 5.88 Å². The minimum absolute atomic E-state index is 0.280. The van der Waals surface area contributed by atoms with Crippen LogP contribution in [0, 0.1) is 0 Å². The van der Waals surface area contributed by atoms with E-state index in [9.17, 15) is 4.79 Å². The number of fused-ring (bicyclic) bond motifs is 1. The van der Waals surface area contributed by atoms with E-state index in [1.165, 1.54) is 23.2 Å². The van der Waals surface area contributed by atoms with Crippen molar-refractivity contribution in [1.29, 1.82) is 0 Å². The van der Waals surface area contributed by atoms with Crippen molar-refractivity contribution in [2.45, 2.75) is 25.7 Å². The number of amides is 1. The van der Waals surface area contributed by atoms with E-state index >= 15 is 0 Å². The summed E-state index contributed by atoms with van der Waals surface area (Å²) in [6.07, 6.45) is 6.02. The molecule has 2 aliphatic rings. The van der Waals surface area contributed by atoms with Crippen molar-refractivity contribution < 1.29 is 9.53 Å². The molecule has 136 valence electrons. The summed E-state index contributed by atoms with van der Waals surface area (Å²) >= 11 is 0. The summed E-state index contributed by atoms with van der Waals surface area (Å²) in [4.78, 5) is 18.3. The van der Waals surface area contributed by atoms with Gasteiger partial charge in [0.05, 0.1) is 0 Å². The van der Waals surface area contributed by atoms with Crippen molar-refractivity contribution in [2.24, 2.45) is 5.73 Å². The highest BCUT2D eigenvalue weighted by Gasteiger charge is 2.23. The minimum Gasteiger partial charge on any atom is -0.438 e. The Morgan fingerprint density at radius 2 is 1.88 bits per heavy atom. The molecule has 1 aliphatic heterocycles. The Kier molecular flexibility index (Phi) is 4.75. The maximum atomic E-state index is 11.7. The molecule has 0 atom stereocenters. The maximum absolute atomic E-state index is 11.7. The summed E-state index contributed by atoms with van der Waals surface area (Å²) < 4.78 is 6.07. The second-order valence-electron chi connectivity index (χ2n) is 6.81. The molecule has 6 nitrogen and oxygen atoms in total. The smallest absolute Gasteiger partial charge is 0.254 e. The van der Waals surface area contributed by atoms with Crippen LogP contribution in [0.4, 0.5) is 5.69 Å². The Labute approximate surface area is 153 Å². The van der Waals surface area contributed by atoms with Crippen LogP contribution < -0.4 is 20.7 Å². The summed E-state index contributed by atoms with van der Waals surface area (Å²) in [5.41, 5.74) is 9.71. The number of benzene rings is 1. The Morgan fingerprint density at radius 3 is 2.65 bits per heavy atom. The van der Waals surface area contributed by atoms with Gasteiger partial charge in [-0.3, -0.25) is 4.79 Å². The third-order valence-corrected chi connectivity index (χ3v) is 5.17. The minimum atomic E-state index is -0.528.